The second-order valence-electron chi connectivity index (χ2n) is 5.66. The summed E-state index contributed by atoms with van der Waals surface area (Å²) in [5.74, 6) is -0.437. The molecule has 0 saturated carbocycles. The molecular formula is C18H22N2O2S. The molecule has 0 bridgehead atoms. The van der Waals surface area contributed by atoms with Crippen molar-refractivity contribution < 1.29 is 9.59 Å². The minimum atomic E-state index is -0.592. The summed E-state index contributed by atoms with van der Waals surface area (Å²) in [5.41, 5.74) is 1.67. The molecule has 2 unspecified atom stereocenters. The monoisotopic (exact) mass is 330 g/mol. The summed E-state index contributed by atoms with van der Waals surface area (Å²) in [6.07, 6.45) is 0. The summed E-state index contributed by atoms with van der Waals surface area (Å²) in [6.45, 7) is 7.75. The van der Waals surface area contributed by atoms with Crippen molar-refractivity contribution in [2.24, 2.45) is 0 Å². The number of thiophene rings is 1. The minimum absolute atomic E-state index is 0.0801. The van der Waals surface area contributed by atoms with E-state index in [2.05, 4.69) is 30.5 Å². The third kappa shape index (κ3) is 4.42. The van der Waals surface area contributed by atoms with E-state index in [0.717, 1.165) is 5.56 Å². The molecule has 5 heteroatoms. The normalized spacial score (nSPS) is 13.2. The van der Waals surface area contributed by atoms with Crippen LogP contribution in [0.1, 0.15) is 45.6 Å². The van der Waals surface area contributed by atoms with Crippen LogP contribution in [0.25, 0.3) is 0 Å². The van der Waals surface area contributed by atoms with Gasteiger partial charge in [0.2, 0.25) is 5.91 Å². The second kappa shape index (κ2) is 7.42. The van der Waals surface area contributed by atoms with E-state index in [9.17, 15) is 9.59 Å². The van der Waals surface area contributed by atoms with E-state index in [-0.39, 0.29) is 17.9 Å². The molecule has 2 amide bonds. The van der Waals surface area contributed by atoms with E-state index in [1.54, 1.807) is 42.5 Å². The molecule has 0 aliphatic heterocycles. The predicted octanol–water partition coefficient (Wildman–Crippen LogP) is 3.36. The van der Waals surface area contributed by atoms with Crippen molar-refractivity contribution in [1.82, 2.24) is 10.6 Å². The molecule has 2 aromatic rings. The van der Waals surface area contributed by atoms with Gasteiger partial charge in [-0.2, -0.15) is 0 Å². The zero-order valence-corrected chi connectivity index (χ0v) is 14.7. The van der Waals surface area contributed by atoms with Crippen LogP contribution in [-0.4, -0.2) is 17.9 Å². The largest absolute Gasteiger partial charge is 0.348 e. The fourth-order valence-electron chi connectivity index (χ4n) is 2.43. The SMILES string of the molecule is Cc1cc(C(C)NC(=O)C(C)NC(=O)c2ccccc2)c(C)s1. The van der Waals surface area contributed by atoms with Gasteiger partial charge in [0.05, 0.1) is 6.04 Å². The van der Waals surface area contributed by atoms with Crippen LogP contribution in [0.4, 0.5) is 0 Å². The van der Waals surface area contributed by atoms with Gasteiger partial charge in [0.1, 0.15) is 6.04 Å². The molecule has 0 saturated heterocycles. The lowest BCUT2D eigenvalue weighted by molar-refractivity contribution is -0.123. The number of carbonyl (C=O) groups is 2. The molecule has 1 aromatic heterocycles. The molecule has 2 N–H and O–H groups in total. The average molecular weight is 330 g/mol. The van der Waals surface area contributed by atoms with Gasteiger partial charge in [0.15, 0.2) is 0 Å². The minimum Gasteiger partial charge on any atom is -0.348 e. The van der Waals surface area contributed by atoms with Gasteiger partial charge in [-0.25, -0.2) is 0 Å². The van der Waals surface area contributed by atoms with Crippen molar-refractivity contribution in [1.29, 1.82) is 0 Å². The van der Waals surface area contributed by atoms with E-state index in [1.165, 1.54) is 9.75 Å². The van der Waals surface area contributed by atoms with E-state index >= 15 is 0 Å². The van der Waals surface area contributed by atoms with Crippen molar-refractivity contribution >= 4 is 23.2 Å². The molecule has 4 nitrogen and oxygen atoms in total. The highest BCUT2D eigenvalue weighted by molar-refractivity contribution is 7.12. The van der Waals surface area contributed by atoms with Gasteiger partial charge >= 0.3 is 0 Å². The van der Waals surface area contributed by atoms with Gasteiger partial charge in [-0.05, 0) is 51.5 Å². The quantitative estimate of drug-likeness (QED) is 0.883. The standard InChI is InChI=1S/C18H22N2O2S/c1-11-10-16(14(4)23-11)12(2)19-17(21)13(3)20-18(22)15-8-6-5-7-9-15/h5-10,12-13H,1-4H3,(H,19,21)(H,20,22). The fraction of sp³-hybridized carbons (Fsp3) is 0.333. The molecule has 2 atom stereocenters. The highest BCUT2D eigenvalue weighted by Crippen LogP contribution is 2.26. The summed E-state index contributed by atoms with van der Waals surface area (Å²) >= 11 is 1.72. The number of hydrogen-bond donors (Lipinski definition) is 2. The molecule has 122 valence electrons. The van der Waals surface area contributed by atoms with Crippen molar-refractivity contribution in [2.75, 3.05) is 0 Å². The van der Waals surface area contributed by atoms with E-state index in [4.69, 9.17) is 0 Å². The molecule has 23 heavy (non-hydrogen) atoms. The highest BCUT2D eigenvalue weighted by Gasteiger charge is 2.20. The lowest BCUT2D eigenvalue weighted by Crippen LogP contribution is -2.45. The molecule has 1 heterocycles. The van der Waals surface area contributed by atoms with E-state index in [0.29, 0.717) is 5.56 Å². The topological polar surface area (TPSA) is 58.2 Å². The maximum absolute atomic E-state index is 12.3. The van der Waals surface area contributed by atoms with Gasteiger partial charge in [-0.15, -0.1) is 11.3 Å². The number of carbonyl (C=O) groups excluding carboxylic acids is 2. The molecule has 0 spiro atoms. The molecule has 0 fully saturated rings. The lowest BCUT2D eigenvalue weighted by Gasteiger charge is -2.18. The lowest BCUT2D eigenvalue weighted by atomic mass is 10.1. The van der Waals surface area contributed by atoms with Gasteiger partial charge in [-0.1, -0.05) is 18.2 Å². The first kappa shape index (κ1) is 17.2. The number of rotatable bonds is 5. The summed E-state index contributed by atoms with van der Waals surface area (Å²) in [4.78, 5) is 26.8. The summed E-state index contributed by atoms with van der Waals surface area (Å²) in [5, 5.41) is 5.68. The molecule has 1 aromatic carbocycles. The highest BCUT2D eigenvalue weighted by atomic mass is 32.1. The Balaban J connectivity index is 1.95. The summed E-state index contributed by atoms with van der Waals surface area (Å²) in [6, 6.07) is 10.3. The number of aryl methyl sites for hydroxylation is 2. The van der Waals surface area contributed by atoms with E-state index in [1.807, 2.05) is 13.0 Å². The first-order chi connectivity index (χ1) is 10.9. The molecule has 0 radical (unpaired) electrons. The van der Waals surface area contributed by atoms with Crippen molar-refractivity contribution in [3.63, 3.8) is 0 Å². The van der Waals surface area contributed by atoms with Crippen molar-refractivity contribution in [3.8, 4) is 0 Å². The smallest absolute Gasteiger partial charge is 0.251 e. The van der Waals surface area contributed by atoms with Crippen LogP contribution in [0.2, 0.25) is 0 Å². The Labute approximate surface area is 140 Å². The van der Waals surface area contributed by atoms with Crippen LogP contribution >= 0.6 is 11.3 Å². The number of nitrogens with one attached hydrogen (secondary N) is 2. The van der Waals surface area contributed by atoms with Gasteiger partial charge in [0.25, 0.3) is 5.91 Å². The third-order valence-corrected chi connectivity index (χ3v) is 4.66. The Hall–Kier alpha value is -2.14. The second-order valence-corrected chi connectivity index (χ2v) is 7.12. The Morgan fingerprint density at radius 3 is 2.26 bits per heavy atom. The zero-order chi connectivity index (χ0) is 17.0. The van der Waals surface area contributed by atoms with Crippen LogP contribution in [0.15, 0.2) is 36.4 Å². The number of hydrogen-bond acceptors (Lipinski definition) is 3. The van der Waals surface area contributed by atoms with Gasteiger partial charge in [0, 0.05) is 15.3 Å². The summed E-state index contributed by atoms with van der Waals surface area (Å²) < 4.78 is 0. The van der Waals surface area contributed by atoms with Crippen LogP contribution in [0, 0.1) is 13.8 Å². The van der Waals surface area contributed by atoms with E-state index < -0.39 is 6.04 Å². The van der Waals surface area contributed by atoms with Crippen LogP contribution in [0.3, 0.4) is 0 Å². The Morgan fingerprint density at radius 1 is 1.04 bits per heavy atom. The number of amides is 2. The van der Waals surface area contributed by atoms with Gasteiger partial charge < -0.3 is 10.6 Å². The maximum Gasteiger partial charge on any atom is 0.251 e. The predicted molar refractivity (Wildman–Crippen MR) is 93.7 cm³/mol. The van der Waals surface area contributed by atoms with Crippen molar-refractivity contribution in [3.05, 3.63) is 57.3 Å². The zero-order valence-electron chi connectivity index (χ0n) is 13.8. The molecule has 0 aliphatic carbocycles. The Kier molecular flexibility index (Phi) is 5.55. The Morgan fingerprint density at radius 2 is 1.70 bits per heavy atom. The summed E-state index contributed by atoms with van der Waals surface area (Å²) in [7, 11) is 0. The number of benzene rings is 1. The van der Waals surface area contributed by atoms with Crippen molar-refractivity contribution in [2.45, 2.75) is 39.8 Å². The first-order valence-electron chi connectivity index (χ1n) is 7.61. The first-order valence-corrected chi connectivity index (χ1v) is 8.43. The fourth-order valence-corrected chi connectivity index (χ4v) is 3.45. The van der Waals surface area contributed by atoms with Gasteiger partial charge in [-0.3, -0.25) is 9.59 Å². The van der Waals surface area contributed by atoms with Crippen LogP contribution < -0.4 is 10.6 Å². The molecule has 0 aliphatic rings. The molecule has 2 rings (SSSR count). The molecular weight excluding hydrogens is 308 g/mol. The average Bonchev–Trinajstić information content (AvgIpc) is 2.86. The Bertz CT molecular complexity index is 694. The maximum atomic E-state index is 12.3. The third-order valence-electron chi connectivity index (χ3n) is 3.68. The van der Waals surface area contributed by atoms with Crippen LogP contribution in [0.5, 0.6) is 0 Å². The van der Waals surface area contributed by atoms with Crippen LogP contribution in [-0.2, 0) is 4.79 Å².